The van der Waals surface area contributed by atoms with E-state index in [-0.39, 0.29) is 17.5 Å². The fourth-order valence-corrected chi connectivity index (χ4v) is 1.45. The second-order valence-corrected chi connectivity index (χ2v) is 6.13. The standard InChI is InChI=1S/C13H18Cl2N2O/c1-8(13(2,3)4)16-12(18)17-9-5-6-10(14)11(15)7-9/h5-8H,1-4H3,(H2,16,17,18). The third kappa shape index (κ3) is 4.39. The SMILES string of the molecule is CC(NC(=O)Nc1ccc(Cl)c(Cl)c1)C(C)(C)C. The van der Waals surface area contributed by atoms with Crippen LogP contribution < -0.4 is 10.6 Å². The molecule has 0 aliphatic carbocycles. The molecule has 1 atom stereocenters. The van der Waals surface area contributed by atoms with Gasteiger partial charge in [0.2, 0.25) is 0 Å². The lowest BCUT2D eigenvalue weighted by atomic mass is 9.88. The Morgan fingerprint density at radius 3 is 2.33 bits per heavy atom. The van der Waals surface area contributed by atoms with Gasteiger partial charge in [-0.1, -0.05) is 44.0 Å². The molecule has 0 spiro atoms. The summed E-state index contributed by atoms with van der Waals surface area (Å²) in [6, 6.07) is 4.77. The molecule has 1 unspecified atom stereocenters. The summed E-state index contributed by atoms with van der Waals surface area (Å²) in [5.41, 5.74) is 0.623. The van der Waals surface area contributed by atoms with Crippen molar-refractivity contribution < 1.29 is 4.79 Å². The highest BCUT2D eigenvalue weighted by molar-refractivity contribution is 6.42. The molecule has 0 aliphatic heterocycles. The second-order valence-electron chi connectivity index (χ2n) is 5.32. The number of anilines is 1. The van der Waals surface area contributed by atoms with Crippen molar-refractivity contribution in [1.82, 2.24) is 5.32 Å². The number of urea groups is 1. The Bertz CT molecular complexity index is 441. The van der Waals surface area contributed by atoms with E-state index >= 15 is 0 Å². The van der Waals surface area contributed by atoms with Crippen molar-refractivity contribution in [2.45, 2.75) is 33.7 Å². The largest absolute Gasteiger partial charge is 0.335 e. The molecule has 0 saturated heterocycles. The maximum atomic E-state index is 11.8. The highest BCUT2D eigenvalue weighted by atomic mass is 35.5. The van der Waals surface area contributed by atoms with Gasteiger partial charge in [0.05, 0.1) is 10.0 Å². The van der Waals surface area contributed by atoms with Crippen molar-refractivity contribution in [2.75, 3.05) is 5.32 Å². The van der Waals surface area contributed by atoms with Gasteiger partial charge in [-0.05, 0) is 30.5 Å². The summed E-state index contributed by atoms with van der Waals surface area (Å²) in [6.07, 6.45) is 0. The van der Waals surface area contributed by atoms with Gasteiger partial charge < -0.3 is 10.6 Å². The van der Waals surface area contributed by atoms with E-state index in [4.69, 9.17) is 23.2 Å². The lowest BCUT2D eigenvalue weighted by Crippen LogP contribution is -2.43. The number of rotatable bonds is 2. The average Bonchev–Trinajstić information content (AvgIpc) is 2.22. The number of halogens is 2. The van der Waals surface area contributed by atoms with Crippen molar-refractivity contribution in [3.63, 3.8) is 0 Å². The highest BCUT2D eigenvalue weighted by Gasteiger charge is 2.21. The molecule has 0 fully saturated rings. The molecule has 1 rings (SSSR count). The molecule has 1 aromatic carbocycles. The summed E-state index contributed by atoms with van der Waals surface area (Å²) < 4.78 is 0. The van der Waals surface area contributed by atoms with E-state index in [1.54, 1.807) is 18.2 Å². The number of carbonyl (C=O) groups excluding carboxylic acids is 1. The third-order valence-corrected chi connectivity index (χ3v) is 3.56. The predicted molar refractivity (Wildman–Crippen MR) is 77.5 cm³/mol. The molecule has 3 nitrogen and oxygen atoms in total. The molecule has 18 heavy (non-hydrogen) atoms. The van der Waals surface area contributed by atoms with Crippen LogP contribution in [-0.4, -0.2) is 12.1 Å². The monoisotopic (exact) mass is 288 g/mol. The van der Waals surface area contributed by atoms with Crippen molar-refractivity contribution in [3.05, 3.63) is 28.2 Å². The molecule has 100 valence electrons. The molecule has 1 aromatic rings. The minimum absolute atomic E-state index is 0.00891. The molecular formula is C13H18Cl2N2O. The second kappa shape index (κ2) is 5.81. The lowest BCUT2D eigenvalue weighted by Gasteiger charge is -2.28. The number of hydrogen-bond acceptors (Lipinski definition) is 1. The van der Waals surface area contributed by atoms with Crippen molar-refractivity contribution >= 4 is 34.9 Å². The molecule has 0 aliphatic rings. The van der Waals surface area contributed by atoms with E-state index in [2.05, 4.69) is 31.4 Å². The van der Waals surface area contributed by atoms with Crippen LogP contribution in [-0.2, 0) is 0 Å². The third-order valence-electron chi connectivity index (χ3n) is 2.82. The highest BCUT2D eigenvalue weighted by Crippen LogP contribution is 2.25. The first kappa shape index (κ1) is 15.1. The molecule has 0 heterocycles. The predicted octanol–water partition coefficient (Wildman–Crippen LogP) is 4.55. The van der Waals surface area contributed by atoms with Crippen LogP contribution in [0.4, 0.5) is 10.5 Å². The van der Waals surface area contributed by atoms with E-state index in [9.17, 15) is 4.79 Å². The first-order valence-corrected chi connectivity index (χ1v) is 6.48. The summed E-state index contributed by atoms with van der Waals surface area (Å²) in [6.45, 7) is 8.17. The van der Waals surface area contributed by atoms with Gasteiger partial charge in [-0.3, -0.25) is 0 Å². The van der Waals surface area contributed by atoms with Gasteiger partial charge in [-0.15, -0.1) is 0 Å². The van der Waals surface area contributed by atoms with E-state index in [1.165, 1.54) is 0 Å². The average molecular weight is 289 g/mol. The van der Waals surface area contributed by atoms with E-state index < -0.39 is 0 Å². The summed E-state index contributed by atoms with van der Waals surface area (Å²) in [5.74, 6) is 0. The smallest absolute Gasteiger partial charge is 0.319 e. The van der Waals surface area contributed by atoms with Crippen LogP contribution in [0.25, 0.3) is 0 Å². The fraction of sp³-hybridized carbons (Fsp3) is 0.462. The Morgan fingerprint density at radius 1 is 1.22 bits per heavy atom. The van der Waals surface area contributed by atoms with Gasteiger partial charge in [0.25, 0.3) is 0 Å². The molecule has 0 bridgehead atoms. The fourth-order valence-electron chi connectivity index (χ4n) is 1.15. The van der Waals surface area contributed by atoms with Gasteiger partial charge in [0, 0.05) is 11.7 Å². The van der Waals surface area contributed by atoms with Gasteiger partial charge in [0.1, 0.15) is 0 Å². The quantitative estimate of drug-likeness (QED) is 0.824. The molecule has 5 heteroatoms. The zero-order valence-electron chi connectivity index (χ0n) is 11.0. The maximum Gasteiger partial charge on any atom is 0.319 e. The Morgan fingerprint density at radius 2 is 1.83 bits per heavy atom. The van der Waals surface area contributed by atoms with Gasteiger partial charge in [0.15, 0.2) is 0 Å². The Balaban J connectivity index is 2.62. The van der Waals surface area contributed by atoms with E-state index in [0.717, 1.165) is 0 Å². The molecule has 0 radical (unpaired) electrons. The van der Waals surface area contributed by atoms with E-state index in [0.29, 0.717) is 15.7 Å². The zero-order valence-corrected chi connectivity index (χ0v) is 12.5. The van der Waals surface area contributed by atoms with Crippen molar-refractivity contribution in [3.8, 4) is 0 Å². The van der Waals surface area contributed by atoms with E-state index in [1.807, 2.05) is 6.92 Å². The van der Waals surface area contributed by atoms with Crippen LogP contribution in [0, 0.1) is 5.41 Å². The van der Waals surface area contributed by atoms with Crippen molar-refractivity contribution in [2.24, 2.45) is 5.41 Å². The summed E-state index contributed by atoms with van der Waals surface area (Å²) in [5, 5.41) is 6.47. The Kier molecular flexibility index (Phi) is 4.88. The lowest BCUT2D eigenvalue weighted by molar-refractivity contribution is 0.233. The normalized spacial score (nSPS) is 13.0. The number of amides is 2. The first-order valence-electron chi connectivity index (χ1n) is 5.72. The molecule has 0 saturated carbocycles. The molecule has 0 aromatic heterocycles. The minimum atomic E-state index is -0.254. The summed E-state index contributed by atoms with van der Waals surface area (Å²) >= 11 is 11.7. The Hall–Kier alpha value is -0.930. The number of benzene rings is 1. The molecule has 2 amide bonds. The van der Waals surface area contributed by atoms with Crippen LogP contribution in [0.15, 0.2) is 18.2 Å². The van der Waals surface area contributed by atoms with Crippen LogP contribution in [0.2, 0.25) is 10.0 Å². The minimum Gasteiger partial charge on any atom is -0.335 e. The number of hydrogen-bond donors (Lipinski definition) is 2. The molecule has 2 N–H and O–H groups in total. The topological polar surface area (TPSA) is 41.1 Å². The zero-order chi connectivity index (χ0) is 13.9. The number of carbonyl (C=O) groups is 1. The van der Waals surface area contributed by atoms with Gasteiger partial charge in [-0.2, -0.15) is 0 Å². The Labute approximate surface area is 118 Å². The van der Waals surface area contributed by atoms with Crippen molar-refractivity contribution in [1.29, 1.82) is 0 Å². The van der Waals surface area contributed by atoms with Crippen LogP contribution in [0.1, 0.15) is 27.7 Å². The number of nitrogens with one attached hydrogen (secondary N) is 2. The van der Waals surface area contributed by atoms with Crippen LogP contribution in [0.5, 0.6) is 0 Å². The van der Waals surface area contributed by atoms with Crippen LogP contribution in [0.3, 0.4) is 0 Å². The first-order chi connectivity index (χ1) is 8.20. The summed E-state index contributed by atoms with van der Waals surface area (Å²) in [4.78, 5) is 11.8. The van der Waals surface area contributed by atoms with Crippen LogP contribution >= 0.6 is 23.2 Å². The molecular weight excluding hydrogens is 271 g/mol. The maximum absolute atomic E-state index is 11.8. The summed E-state index contributed by atoms with van der Waals surface area (Å²) in [7, 11) is 0. The van der Waals surface area contributed by atoms with Gasteiger partial charge in [-0.25, -0.2) is 4.79 Å². The van der Waals surface area contributed by atoms with Gasteiger partial charge >= 0.3 is 6.03 Å².